The van der Waals surface area contributed by atoms with Crippen molar-refractivity contribution in [3.05, 3.63) is 0 Å². The molecule has 45 heavy (non-hydrogen) atoms. The number of urea groups is 1. The molecule has 0 aromatic carbocycles. The Bertz CT molecular complexity index is 1130. The van der Waals surface area contributed by atoms with Crippen LogP contribution in [0, 0.1) is 35.0 Å². The smallest absolute Gasteiger partial charge is 0.316 e. The summed E-state index contributed by atoms with van der Waals surface area (Å²) in [5.41, 5.74) is 4.59. The van der Waals surface area contributed by atoms with Crippen molar-refractivity contribution in [2.45, 2.75) is 118 Å². The van der Waals surface area contributed by atoms with Crippen LogP contribution >= 0.6 is 0 Å². The van der Waals surface area contributed by atoms with E-state index in [-0.39, 0.29) is 29.6 Å². The van der Waals surface area contributed by atoms with Crippen molar-refractivity contribution in [3.63, 3.8) is 0 Å². The van der Waals surface area contributed by atoms with Crippen molar-refractivity contribution in [1.29, 1.82) is 0 Å². The van der Waals surface area contributed by atoms with Gasteiger partial charge in [-0.1, -0.05) is 67.7 Å². The van der Waals surface area contributed by atoms with E-state index in [1.165, 1.54) is 4.90 Å². The van der Waals surface area contributed by atoms with Crippen LogP contribution in [0.3, 0.4) is 0 Å². The Balaban J connectivity index is 1.79. The van der Waals surface area contributed by atoms with E-state index in [4.69, 9.17) is 5.73 Å². The van der Waals surface area contributed by atoms with Gasteiger partial charge in [0.25, 0.3) is 5.91 Å². The summed E-state index contributed by atoms with van der Waals surface area (Å²) in [5.74, 6) is -2.63. The van der Waals surface area contributed by atoms with Crippen molar-refractivity contribution in [2.24, 2.45) is 40.7 Å². The molecule has 3 aliphatic rings. The quantitative estimate of drug-likeness (QED) is 0.214. The van der Waals surface area contributed by atoms with E-state index < -0.39 is 59.1 Å². The highest BCUT2D eigenvalue weighted by molar-refractivity contribution is 6.37. The Hall–Kier alpha value is -3.18. The molecule has 5 N–H and O–H groups in total. The molecule has 12 heteroatoms. The van der Waals surface area contributed by atoms with Gasteiger partial charge in [0.15, 0.2) is 0 Å². The molecule has 5 atom stereocenters. The number of primary amides is 1. The van der Waals surface area contributed by atoms with Crippen LogP contribution < -0.4 is 21.7 Å². The van der Waals surface area contributed by atoms with E-state index in [1.54, 1.807) is 11.9 Å². The van der Waals surface area contributed by atoms with Crippen molar-refractivity contribution < 1.29 is 28.8 Å². The molecule has 1 heterocycles. The fraction of sp³-hybridized carbons (Fsp3) is 0.818. The first-order chi connectivity index (χ1) is 20.9. The first kappa shape index (κ1) is 36.3. The number of nitrogens with zero attached hydrogens (tertiary/aromatic N) is 2. The van der Waals surface area contributed by atoms with E-state index in [1.807, 2.05) is 48.5 Å². The lowest BCUT2D eigenvalue weighted by Gasteiger charge is -2.37. The van der Waals surface area contributed by atoms with Gasteiger partial charge in [0.1, 0.15) is 18.1 Å². The van der Waals surface area contributed by atoms with Gasteiger partial charge in [-0.3, -0.25) is 24.0 Å². The van der Waals surface area contributed by atoms with Crippen molar-refractivity contribution in [1.82, 2.24) is 25.8 Å². The average molecular weight is 633 g/mol. The summed E-state index contributed by atoms with van der Waals surface area (Å²) in [4.78, 5) is 82.4. The van der Waals surface area contributed by atoms with Crippen LogP contribution in [0.1, 0.15) is 93.4 Å². The lowest BCUT2D eigenvalue weighted by molar-refractivity contribution is -0.144. The molecule has 254 valence electrons. The number of nitrogens with two attached hydrogens (primary N) is 1. The molecule has 1 aliphatic heterocycles. The first-order valence-corrected chi connectivity index (χ1v) is 16.7. The number of likely N-dealkylation sites (tertiary alicyclic amines) is 1. The lowest BCUT2D eigenvalue weighted by Crippen LogP contribution is -2.62. The topological polar surface area (TPSA) is 171 Å². The molecule has 12 nitrogen and oxygen atoms in total. The Kier molecular flexibility index (Phi) is 12.0. The summed E-state index contributed by atoms with van der Waals surface area (Å²) in [5, 5.41) is 8.41. The minimum atomic E-state index is -1.10. The Morgan fingerprint density at radius 2 is 1.51 bits per heavy atom. The van der Waals surface area contributed by atoms with Gasteiger partial charge in [0.2, 0.25) is 23.5 Å². The predicted molar refractivity (Wildman–Crippen MR) is 170 cm³/mol. The maximum atomic E-state index is 14.2. The standard InChI is InChI=1S/C33H56N6O6/c1-18(2)22-14-15-39(25(22)29(42)35-23(26(40)28(34)41)16-20-10-9-11-20)31(44)27(33(5,6)7)37-32(45)36-24(19(3)4)30(43)38(8)17-21-12-13-21/h18-25,27H,9-17H2,1-8H3,(H2,34,41)(H,35,42)(H2,36,37,45)/t22-,23?,24+,25+,27-/m1/s1. The SMILES string of the molecule is CC(C)[C@H](NC(=O)N[C@H](C(=O)N1CC[C@H](C(C)C)[C@H]1C(=O)NC(CC1CCC1)C(=O)C(N)=O)C(C)(C)C)C(=O)N(C)CC1CC1. The molecule has 1 unspecified atom stereocenters. The van der Waals surface area contributed by atoms with Crippen LogP contribution in [0.4, 0.5) is 4.79 Å². The molecule has 0 radical (unpaired) electrons. The van der Waals surface area contributed by atoms with E-state index in [2.05, 4.69) is 16.0 Å². The monoisotopic (exact) mass is 632 g/mol. The number of hydrogen-bond acceptors (Lipinski definition) is 6. The number of ketones is 1. The van der Waals surface area contributed by atoms with E-state index in [0.717, 1.165) is 32.1 Å². The summed E-state index contributed by atoms with van der Waals surface area (Å²) in [7, 11) is 1.74. The van der Waals surface area contributed by atoms with Crippen LogP contribution in [-0.2, 0) is 24.0 Å². The minimum absolute atomic E-state index is 0.0465. The zero-order chi connectivity index (χ0) is 33.8. The molecule has 0 aromatic rings. The van der Waals surface area contributed by atoms with Gasteiger partial charge < -0.3 is 31.5 Å². The van der Waals surface area contributed by atoms with Crippen molar-refractivity contribution >= 4 is 35.4 Å². The first-order valence-electron chi connectivity index (χ1n) is 16.7. The molecule has 2 aliphatic carbocycles. The van der Waals surface area contributed by atoms with Crippen molar-refractivity contribution in [3.8, 4) is 0 Å². The van der Waals surface area contributed by atoms with Gasteiger partial charge in [-0.05, 0) is 60.7 Å². The summed E-state index contributed by atoms with van der Waals surface area (Å²) >= 11 is 0. The van der Waals surface area contributed by atoms with Crippen LogP contribution in [-0.4, -0.2) is 89.5 Å². The number of hydrogen-bond donors (Lipinski definition) is 4. The number of amides is 6. The molecule has 6 amide bonds. The summed E-state index contributed by atoms with van der Waals surface area (Å²) in [6.45, 7) is 14.1. The number of nitrogens with one attached hydrogen (secondary N) is 3. The summed E-state index contributed by atoms with van der Waals surface area (Å²) in [6.07, 6.45) is 5.97. The van der Waals surface area contributed by atoms with E-state index in [0.29, 0.717) is 31.8 Å². The van der Waals surface area contributed by atoms with Crippen LogP contribution in [0.25, 0.3) is 0 Å². The fourth-order valence-corrected chi connectivity index (χ4v) is 6.48. The van der Waals surface area contributed by atoms with Gasteiger partial charge in [-0.2, -0.15) is 0 Å². The molecule has 0 bridgehead atoms. The zero-order valence-electron chi connectivity index (χ0n) is 28.5. The van der Waals surface area contributed by atoms with Gasteiger partial charge in [0.05, 0.1) is 6.04 Å². The maximum Gasteiger partial charge on any atom is 0.316 e. The van der Waals surface area contributed by atoms with E-state index in [9.17, 15) is 28.8 Å². The Morgan fingerprint density at radius 3 is 1.98 bits per heavy atom. The molecular weight excluding hydrogens is 576 g/mol. The largest absolute Gasteiger partial charge is 0.363 e. The second kappa shape index (κ2) is 14.9. The third-order valence-corrected chi connectivity index (χ3v) is 9.74. The number of carbonyl (C=O) groups excluding carboxylic acids is 6. The van der Waals surface area contributed by atoms with Gasteiger partial charge in [-0.25, -0.2) is 4.79 Å². The van der Waals surface area contributed by atoms with Gasteiger partial charge in [-0.15, -0.1) is 0 Å². The van der Waals surface area contributed by atoms with Crippen LogP contribution in [0.15, 0.2) is 0 Å². The Morgan fingerprint density at radius 1 is 0.889 bits per heavy atom. The van der Waals surface area contributed by atoms with Crippen molar-refractivity contribution in [2.75, 3.05) is 20.1 Å². The number of likely N-dealkylation sites (N-methyl/N-ethyl adjacent to an activating group) is 1. The van der Waals surface area contributed by atoms with Gasteiger partial charge in [0, 0.05) is 20.1 Å². The molecule has 0 aromatic heterocycles. The highest BCUT2D eigenvalue weighted by atomic mass is 16.2. The number of rotatable bonds is 14. The third-order valence-electron chi connectivity index (χ3n) is 9.74. The third kappa shape index (κ3) is 9.42. The summed E-state index contributed by atoms with van der Waals surface area (Å²) in [6, 6.07) is -4.35. The second-order valence-electron chi connectivity index (χ2n) is 15.3. The maximum absolute atomic E-state index is 14.2. The molecule has 2 saturated carbocycles. The molecular formula is C33H56N6O6. The second-order valence-corrected chi connectivity index (χ2v) is 15.3. The Labute approximate surface area is 268 Å². The normalized spacial score (nSPS) is 22.3. The predicted octanol–water partition coefficient (Wildman–Crippen LogP) is 2.20. The van der Waals surface area contributed by atoms with E-state index >= 15 is 0 Å². The molecule has 0 spiro atoms. The minimum Gasteiger partial charge on any atom is -0.363 e. The lowest BCUT2D eigenvalue weighted by atomic mass is 9.80. The molecule has 3 rings (SSSR count). The molecule has 3 fully saturated rings. The highest BCUT2D eigenvalue weighted by Gasteiger charge is 2.48. The number of carbonyl (C=O) groups is 6. The average Bonchev–Trinajstić information content (AvgIpc) is 3.61. The zero-order valence-corrected chi connectivity index (χ0v) is 28.5. The van der Waals surface area contributed by atoms with Crippen LogP contribution in [0.2, 0.25) is 0 Å². The van der Waals surface area contributed by atoms with Crippen LogP contribution in [0.5, 0.6) is 0 Å². The number of Topliss-reactive ketones (excluding diaryl/α,β-unsaturated/α-hetero) is 1. The van der Waals surface area contributed by atoms with Gasteiger partial charge >= 0.3 is 6.03 Å². The highest BCUT2D eigenvalue weighted by Crippen LogP contribution is 2.35. The molecule has 1 saturated heterocycles. The summed E-state index contributed by atoms with van der Waals surface area (Å²) < 4.78 is 0. The fourth-order valence-electron chi connectivity index (χ4n) is 6.48.